The monoisotopic (exact) mass is 506 g/mol. The van der Waals surface area contributed by atoms with Crippen LogP contribution in [0.4, 0.5) is 0 Å². The second kappa shape index (κ2) is 13.7. The van der Waals surface area contributed by atoms with Crippen LogP contribution in [-0.2, 0) is 13.6 Å². The molecular weight excluding hydrogens is 477 g/mol. The lowest BCUT2D eigenvalue weighted by Crippen LogP contribution is -2.16. The molecule has 4 aromatic carbocycles. The van der Waals surface area contributed by atoms with E-state index in [-0.39, 0.29) is 0 Å². The van der Waals surface area contributed by atoms with Gasteiger partial charge < -0.3 is 9.05 Å². The molecule has 0 aliphatic rings. The van der Waals surface area contributed by atoms with Gasteiger partial charge in [0.05, 0.1) is 13.2 Å². The summed E-state index contributed by atoms with van der Waals surface area (Å²) >= 11 is 0. The van der Waals surface area contributed by atoms with Crippen LogP contribution in [0, 0.1) is 0 Å². The van der Waals surface area contributed by atoms with Crippen molar-refractivity contribution in [1.82, 2.24) is 0 Å². The molecule has 4 rings (SSSR count). The lowest BCUT2D eigenvalue weighted by molar-refractivity contribution is 0.245. The summed E-state index contributed by atoms with van der Waals surface area (Å²) in [4.78, 5) is 0. The smallest absolute Gasteiger partial charge is 0.310 e. The van der Waals surface area contributed by atoms with E-state index in [9.17, 15) is 4.57 Å². The van der Waals surface area contributed by atoms with Crippen molar-refractivity contribution in [3.05, 3.63) is 121 Å². The molecule has 0 bridgehead atoms. The topological polar surface area (TPSA) is 35.5 Å². The normalized spacial score (nSPS) is 11.4. The Morgan fingerprint density at radius 1 is 0.471 bits per heavy atom. The van der Waals surface area contributed by atoms with E-state index in [1.807, 2.05) is 24.3 Å². The summed E-state index contributed by atoms with van der Waals surface area (Å²) in [6.07, 6.45) is 1.62. The zero-order valence-electron chi connectivity index (χ0n) is 19.0. The largest absolute Gasteiger partial charge is 0.319 e. The molecule has 0 aromatic heterocycles. The maximum Gasteiger partial charge on any atom is 0.319 e. The van der Waals surface area contributed by atoms with E-state index in [1.54, 1.807) is 0 Å². The maximum atomic E-state index is 12.5. The van der Waals surface area contributed by atoms with E-state index in [0.717, 1.165) is 12.3 Å². The molecule has 4 aromatic rings. The number of rotatable bonds is 12. The van der Waals surface area contributed by atoms with Gasteiger partial charge in [0.2, 0.25) is 0 Å². The van der Waals surface area contributed by atoms with Crippen LogP contribution in [0.5, 0.6) is 0 Å². The van der Waals surface area contributed by atoms with E-state index < -0.39 is 24.1 Å². The molecule has 0 amide bonds. The molecule has 0 unspecified atom stereocenters. The fourth-order valence-electron chi connectivity index (χ4n) is 3.73. The van der Waals surface area contributed by atoms with Crippen molar-refractivity contribution in [1.29, 1.82) is 0 Å². The van der Waals surface area contributed by atoms with Crippen molar-refractivity contribution in [2.45, 2.75) is 0 Å². The lowest BCUT2D eigenvalue weighted by Gasteiger charge is -2.19. The first-order valence-corrected chi connectivity index (χ1v) is 15.6. The van der Waals surface area contributed by atoms with Crippen molar-refractivity contribution < 1.29 is 13.6 Å². The maximum absolute atomic E-state index is 12.5. The summed E-state index contributed by atoms with van der Waals surface area (Å²) in [5, 5.41) is 5.18. The minimum atomic E-state index is -2.54. The van der Waals surface area contributed by atoms with Crippen molar-refractivity contribution in [2.24, 2.45) is 0 Å². The summed E-state index contributed by atoms with van der Waals surface area (Å²) in [6.45, 7) is 0.832. The minimum Gasteiger partial charge on any atom is -0.310 e. The van der Waals surface area contributed by atoms with Gasteiger partial charge in [0.15, 0.2) is 0 Å². The van der Waals surface area contributed by atoms with Gasteiger partial charge in [0, 0.05) is 0 Å². The summed E-state index contributed by atoms with van der Waals surface area (Å²) in [7, 11) is -3.67. The quantitative estimate of drug-likeness (QED) is 0.232. The predicted octanol–water partition coefficient (Wildman–Crippen LogP) is 5.68. The van der Waals surface area contributed by atoms with Gasteiger partial charge in [-0.1, -0.05) is 121 Å². The molecule has 3 nitrogen and oxygen atoms in total. The molecular formula is C28H29O3P3. The Bertz CT molecular complexity index is 957. The molecule has 0 N–H and O–H groups in total. The van der Waals surface area contributed by atoms with E-state index in [2.05, 4.69) is 97.1 Å². The van der Waals surface area contributed by atoms with Crippen LogP contribution in [0.3, 0.4) is 0 Å². The SMILES string of the molecule is O=[PH](OCCP(c1ccccc1)c1ccccc1)OCCP(c1ccccc1)c1ccccc1. The van der Waals surface area contributed by atoms with Gasteiger partial charge >= 0.3 is 8.25 Å². The third-order valence-corrected chi connectivity index (χ3v) is 11.2. The molecule has 0 saturated heterocycles. The van der Waals surface area contributed by atoms with Gasteiger partial charge in [-0.15, -0.1) is 0 Å². The molecule has 174 valence electrons. The van der Waals surface area contributed by atoms with Crippen LogP contribution in [0.25, 0.3) is 0 Å². The number of hydrogen-bond acceptors (Lipinski definition) is 3. The average Bonchev–Trinajstić information content (AvgIpc) is 2.91. The fourth-order valence-corrected chi connectivity index (χ4v) is 9.00. The van der Waals surface area contributed by atoms with E-state index in [0.29, 0.717) is 13.2 Å². The Morgan fingerprint density at radius 2 is 0.735 bits per heavy atom. The van der Waals surface area contributed by atoms with Gasteiger partial charge in [-0.25, -0.2) is 0 Å². The van der Waals surface area contributed by atoms with Gasteiger partial charge in [-0.05, 0) is 49.4 Å². The third-order valence-electron chi connectivity index (χ3n) is 5.34. The first-order valence-electron chi connectivity index (χ1n) is 11.4. The second-order valence-electron chi connectivity index (χ2n) is 7.59. The van der Waals surface area contributed by atoms with Crippen molar-refractivity contribution >= 4 is 45.3 Å². The zero-order valence-corrected chi connectivity index (χ0v) is 21.8. The Hall–Kier alpha value is -2.11. The Morgan fingerprint density at radius 3 is 1.00 bits per heavy atom. The summed E-state index contributed by atoms with van der Waals surface area (Å²) in [5.74, 6) is 0. The van der Waals surface area contributed by atoms with Crippen LogP contribution in [-0.4, -0.2) is 25.5 Å². The van der Waals surface area contributed by atoms with E-state index in [1.165, 1.54) is 21.2 Å². The van der Waals surface area contributed by atoms with Crippen LogP contribution in [0.1, 0.15) is 0 Å². The van der Waals surface area contributed by atoms with Crippen LogP contribution in [0.15, 0.2) is 121 Å². The molecule has 6 heteroatoms. The highest BCUT2D eigenvalue weighted by molar-refractivity contribution is 7.73. The first-order chi connectivity index (χ1) is 16.8. The standard InChI is InChI=1S/C28H29O3P3/c29-34(30-21-23-32(25-13-5-1-6-14-25)26-15-7-2-8-16-26)31-22-24-33(27-17-9-3-10-18-27)28-19-11-4-12-20-28/h1-20,34H,21-24H2. The summed E-state index contributed by atoms with van der Waals surface area (Å²) in [6, 6.07) is 42.0. The van der Waals surface area contributed by atoms with E-state index >= 15 is 0 Å². The molecule has 34 heavy (non-hydrogen) atoms. The van der Waals surface area contributed by atoms with Crippen molar-refractivity contribution in [3.63, 3.8) is 0 Å². The highest BCUT2D eigenvalue weighted by atomic mass is 31.1. The van der Waals surface area contributed by atoms with Crippen LogP contribution >= 0.6 is 24.1 Å². The predicted molar refractivity (Wildman–Crippen MR) is 149 cm³/mol. The van der Waals surface area contributed by atoms with Gasteiger partial charge in [-0.3, -0.25) is 4.57 Å². The molecule has 0 spiro atoms. The Balaban J connectivity index is 1.30. The van der Waals surface area contributed by atoms with Gasteiger partial charge in [-0.2, -0.15) is 0 Å². The second-order valence-corrected chi connectivity index (χ2v) is 13.3. The molecule has 0 saturated carbocycles. The van der Waals surface area contributed by atoms with Crippen molar-refractivity contribution in [3.8, 4) is 0 Å². The zero-order chi connectivity index (χ0) is 23.4. The lowest BCUT2D eigenvalue weighted by atomic mass is 10.4. The number of hydrogen-bond donors (Lipinski definition) is 0. The third kappa shape index (κ3) is 7.44. The first kappa shape index (κ1) is 25.0. The summed E-state index contributed by atoms with van der Waals surface area (Å²) in [5.41, 5.74) is 0. The molecule has 0 heterocycles. The van der Waals surface area contributed by atoms with E-state index in [4.69, 9.17) is 9.05 Å². The van der Waals surface area contributed by atoms with Crippen LogP contribution in [0.2, 0.25) is 0 Å². The van der Waals surface area contributed by atoms with Crippen LogP contribution < -0.4 is 21.2 Å². The molecule has 0 radical (unpaired) electrons. The number of benzene rings is 4. The van der Waals surface area contributed by atoms with Gasteiger partial charge in [0.25, 0.3) is 0 Å². The molecule has 0 aliphatic carbocycles. The highest BCUT2D eigenvalue weighted by Gasteiger charge is 2.16. The van der Waals surface area contributed by atoms with Gasteiger partial charge in [0.1, 0.15) is 0 Å². The molecule has 0 aliphatic heterocycles. The Labute approximate surface area is 205 Å². The molecule has 0 atom stereocenters. The fraction of sp³-hybridized carbons (Fsp3) is 0.143. The van der Waals surface area contributed by atoms with Crippen molar-refractivity contribution in [2.75, 3.05) is 25.5 Å². The molecule has 0 fully saturated rings. The highest BCUT2D eigenvalue weighted by Crippen LogP contribution is 2.36. The average molecular weight is 506 g/mol. The summed E-state index contributed by atoms with van der Waals surface area (Å²) < 4.78 is 23.8. The minimum absolute atomic E-state index is 0.416. The Kier molecular flexibility index (Phi) is 10.1.